The normalized spacial score (nSPS) is 12.8. The van der Waals surface area contributed by atoms with Crippen LogP contribution in [0.15, 0.2) is 18.2 Å². The average Bonchev–Trinajstić information content (AvgIpc) is 2.37. The highest BCUT2D eigenvalue weighted by Crippen LogP contribution is 2.44. The van der Waals surface area contributed by atoms with E-state index in [2.05, 4.69) is 5.32 Å². The van der Waals surface area contributed by atoms with E-state index in [0.29, 0.717) is 6.07 Å². The summed E-state index contributed by atoms with van der Waals surface area (Å²) in [7, 11) is 1.52. The second kappa shape index (κ2) is 9.34. The second-order valence-electron chi connectivity index (χ2n) is 4.23. The molecule has 0 aliphatic carbocycles. The fourth-order valence-corrected chi connectivity index (χ4v) is 1.39. The summed E-state index contributed by atoms with van der Waals surface area (Å²) in [6.07, 6.45) is -1.66. The molecule has 1 N–H and O–H groups in total. The predicted octanol–water partition coefficient (Wildman–Crippen LogP) is 4.36. The Bertz CT molecular complexity index is 453. The van der Waals surface area contributed by atoms with Crippen molar-refractivity contribution in [3.63, 3.8) is 0 Å². The Kier molecular flexibility index (Phi) is 9.96. The third-order valence-electron chi connectivity index (χ3n) is 2.62. The van der Waals surface area contributed by atoms with Gasteiger partial charge in [-0.3, -0.25) is 0 Å². The molecule has 1 rings (SSSR count). The first-order chi connectivity index (χ1) is 9.52. The van der Waals surface area contributed by atoms with E-state index in [1.54, 1.807) is 18.7 Å². The molecule has 1 aromatic carbocycles. The summed E-state index contributed by atoms with van der Waals surface area (Å²) in [5.74, 6) is -6.16. The molecule has 0 aliphatic heterocycles. The number of hydrogen-bond acceptors (Lipinski definition) is 2. The zero-order valence-electron chi connectivity index (χ0n) is 12.6. The molecule has 0 bridgehead atoms. The van der Waals surface area contributed by atoms with Crippen molar-refractivity contribution >= 4 is 20.2 Å². The van der Waals surface area contributed by atoms with Gasteiger partial charge in [0.05, 0.1) is 0 Å². The van der Waals surface area contributed by atoms with Gasteiger partial charge in [0, 0.05) is 25.6 Å². The van der Waals surface area contributed by atoms with Crippen molar-refractivity contribution < 1.29 is 26.3 Å². The summed E-state index contributed by atoms with van der Waals surface area (Å²) in [6.45, 7) is 1.56. The summed E-state index contributed by atoms with van der Waals surface area (Å²) < 4.78 is 75.6. The molecular formula is C13H17BF6NS. The molecule has 0 saturated carbocycles. The van der Waals surface area contributed by atoms with Crippen LogP contribution in [0.5, 0.6) is 0 Å². The van der Waals surface area contributed by atoms with E-state index in [4.69, 9.17) is 0 Å². The lowest BCUT2D eigenvalue weighted by molar-refractivity contribution is -0.289. The first-order valence-corrected chi connectivity index (χ1v) is 7.48. The van der Waals surface area contributed by atoms with Crippen LogP contribution in [0.3, 0.4) is 0 Å². The lowest BCUT2D eigenvalue weighted by atomic mass is 10.0. The van der Waals surface area contributed by atoms with E-state index >= 15 is 0 Å². The number of halogens is 6. The van der Waals surface area contributed by atoms with Crippen molar-refractivity contribution in [3.05, 3.63) is 35.1 Å². The van der Waals surface area contributed by atoms with Gasteiger partial charge in [0.2, 0.25) is 0 Å². The van der Waals surface area contributed by atoms with Crippen LogP contribution in [0.25, 0.3) is 0 Å². The van der Waals surface area contributed by atoms with Crippen LogP contribution in [0, 0.1) is 5.82 Å². The molecule has 0 amide bonds. The molecule has 1 unspecified atom stereocenters. The van der Waals surface area contributed by atoms with Crippen LogP contribution >= 0.6 is 11.8 Å². The van der Waals surface area contributed by atoms with Crippen molar-refractivity contribution in [1.29, 1.82) is 0 Å². The lowest BCUT2D eigenvalue weighted by Gasteiger charge is -2.21. The summed E-state index contributed by atoms with van der Waals surface area (Å²) >= 11 is 1.75. The zero-order valence-corrected chi connectivity index (χ0v) is 13.4. The third kappa shape index (κ3) is 5.76. The van der Waals surface area contributed by atoms with Crippen molar-refractivity contribution in [3.8, 4) is 0 Å². The van der Waals surface area contributed by atoms with Crippen molar-refractivity contribution in [2.75, 3.05) is 19.6 Å². The molecule has 0 heterocycles. The van der Waals surface area contributed by atoms with Gasteiger partial charge in [0.1, 0.15) is 5.82 Å². The van der Waals surface area contributed by atoms with E-state index in [-0.39, 0.29) is 20.0 Å². The fourth-order valence-electron chi connectivity index (χ4n) is 1.39. The van der Waals surface area contributed by atoms with E-state index in [1.807, 2.05) is 12.5 Å². The van der Waals surface area contributed by atoms with Gasteiger partial charge in [-0.25, -0.2) is 4.39 Å². The van der Waals surface area contributed by atoms with Gasteiger partial charge in [-0.05, 0) is 32.5 Å². The molecule has 0 aromatic heterocycles. The van der Waals surface area contributed by atoms with E-state index < -0.39 is 29.5 Å². The number of benzene rings is 1. The van der Waals surface area contributed by atoms with Crippen LogP contribution in [0.4, 0.5) is 26.3 Å². The minimum Gasteiger partial charge on any atom is -0.313 e. The fraction of sp³-hybridized carbons (Fsp3) is 0.538. The Labute approximate surface area is 132 Å². The maximum Gasteiger partial charge on any atom is 0.458 e. The smallest absolute Gasteiger partial charge is 0.313 e. The number of hydrogen-bond donors (Lipinski definition) is 1. The Morgan fingerprint density at radius 1 is 1.09 bits per heavy atom. The number of alkyl halides is 5. The molecule has 0 saturated heterocycles. The average molecular weight is 344 g/mol. The minimum absolute atomic E-state index is 0. The standard InChI is InChI=1S/C11H11F6N.C2H6S.B/c1-6(18-2)8-4-3-7(5-9(8)12)10(13,14)11(15,16)17;1-3-2;/h3-6,18H,1-2H3;1-2H3;. The number of rotatable bonds is 3. The highest BCUT2D eigenvalue weighted by molar-refractivity contribution is 7.97. The van der Waals surface area contributed by atoms with Crippen molar-refractivity contribution in [1.82, 2.24) is 5.32 Å². The van der Waals surface area contributed by atoms with Gasteiger partial charge in [0.25, 0.3) is 0 Å². The van der Waals surface area contributed by atoms with Crippen LogP contribution in [-0.4, -0.2) is 34.1 Å². The molecule has 0 aliphatic rings. The largest absolute Gasteiger partial charge is 0.458 e. The topological polar surface area (TPSA) is 12.0 Å². The Morgan fingerprint density at radius 2 is 1.55 bits per heavy atom. The zero-order chi connectivity index (χ0) is 16.8. The van der Waals surface area contributed by atoms with Crippen molar-refractivity contribution in [2.45, 2.75) is 25.1 Å². The first-order valence-electron chi connectivity index (χ1n) is 5.84. The highest BCUT2D eigenvalue weighted by Gasteiger charge is 2.58. The molecule has 3 radical (unpaired) electrons. The highest BCUT2D eigenvalue weighted by atomic mass is 32.2. The molecule has 1 aromatic rings. The Balaban J connectivity index is 0. The SMILES string of the molecule is CNC(C)c1ccc(C(F)(F)C(F)(F)F)cc1F.CSC.[B]. The quantitative estimate of drug-likeness (QED) is 0.646. The molecule has 9 heteroatoms. The molecule has 125 valence electrons. The Morgan fingerprint density at radius 3 is 1.86 bits per heavy atom. The van der Waals surface area contributed by atoms with Gasteiger partial charge in [-0.1, -0.05) is 12.1 Å². The van der Waals surface area contributed by atoms with Crippen LogP contribution in [-0.2, 0) is 5.92 Å². The second-order valence-corrected chi connectivity index (χ2v) is 5.04. The number of thioether (sulfide) groups is 1. The minimum atomic E-state index is -5.74. The van der Waals surface area contributed by atoms with Crippen LogP contribution in [0.1, 0.15) is 24.1 Å². The number of nitrogens with one attached hydrogen (secondary N) is 1. The molecule has 0 spiro atoms. The van der Waals surface area contributed by atoms with Gasteiger partial charge in [0.15, 0.2) is 0 Å². The third-order valence-corrected chi connectivity index (χ3v) is 2.62. The lowest BCUT2D eigenvalue weighted by Crippen LogP contribution is -2.33. The maximum absolute atomic E-state index is 13.5. The van der Waals surface area contributed by atoms with Gasteiger partial charge >= 0.3 is 12.1 Å². The molecule has 1 atom stereocenters. The molecule has 1 nitrogen and oxygen atoms in total. The van der Waals surface area contributed by atoms with E-state index in [1.165, 1.54) is 7.05 Å². The molecule has 22 heavy (non-hydrogen) atoms. The van der Waals surface area contributed by atoms with Gasteiger partial charge in [-0.2, -0.15) is 33.7 Å². The van der Waals surface area contributed by atoms with Crippen molar-refractivity contribution in [2.24, 2.45) is 0 Å². The predicted molar refractivity (Wildman–Crippen MR) is 79.0 cm³/mol. The summed E-state index contributed by atoms with van der Waals surface area (Å²) in [6, 6.07) is 1.24. The summed E-state index contributed by atoms with van der Waals surface area (Å²) in [5.41, 5.74) is -1.38. The molecule has 0 fully saturated rings. The van der Waals surface area contributed by atoms with Gasteiger partial charge in [-0.15, -0.1) is 0 Å². The maximum atomic E-state index is 13.5. The van der Waals surface area contributed by atoms with Gasteiger partial charge < -0.3 is 5.32 Å². The van der Waals surface area contributed by atoms with Crippen LogP contribution in [0.2, 0.25) is 0 Å². The monoisotopic (exact) mass is 344 g/mol. The van der Waals surface area contributed by atoms with E-state index in [0.717, 1.165) is 6.07 Å². The van der Waals surface area contributed by atoms with E-state index in [9.17, 15) is 26.3 Å². The summed E-state index contributed by atoms with van der Waals surface area (Å²) in [4.78, 5) is 0. The Hall–Kier alpha value is -0.825. The van der Waals surface area contributed by atoms with Crippen LogP contribution < -0.4 is 5.32 Å². The molecular weight excluding hydrogens is 327 g/mol. The first kappa shape index (κ1) is 23.4. The summed E-state index contributed by atoms with van der Waals surface area (Å²) in [5, 5.41) is 2.66.